The van der Waals surface area contributed by atoms with E-state index >= 15 is 0 Å². The average Bonchev–Trinajstić information content (AvgIpc) is 2.83. The van der Waals surface area contributed by atoms with E-state index in [9.17, 15) is 13.2 Å². The Balaban J connectivity index is 1.68. The van der Waals surface area contributed by atoms with Crippen LogP contribution in [-0.2, 0) is 23.2 Å². The van der Waals surface area contributed by atoms with Crippen molar-refractivity contribution < 1.29 is 17.9 Å². The van der Waals surface area contributed by atoms with Crippen molar-refractivity contribution in [3.05, 3.63) is 89.1 Å². The Hall–Kier alpha value is -3.23. The van der Waals surface area contributed by atoms with Gasteiger partial charge in [-0.1, -0.05) is 50.2 Å². The van der Waals surface area contributed by atoms with E-state index in [2.05, 4.69) is 10.3 Å². The lowest BCUT2D eigenvalue weighted by Gasteiger charge is -2.20. The van der Waals surface area contributed by atoms with Crippen LogP contribution < -0.4 is 10.1 Å². The molecule has 1 heterocycles. The van der Waals surface area contributed by atoms with Gasteiger partial charge in [-0.05, 0) is 41.8 Å². The highest BCUT2D eigenvalue weighted by Gasteiger charge is 2.24. The minimum absolute atomic E-state index is 0.152. The van der Waals surface area contributed by atoms with Gasteiger partial charge in [0.05, 0.1) is 4.90 Å². The summed E-state index contributed by atoms with van der Waals surface area (Å²) in [7, 11) is -3.66. The van der Waals surface area contributed by atoms with Crippen LogP contribution in [0.15, 0.2) is 71.8 Å². The highest BCUT2D eigenvalue weighted by atomic mass is 32.2. The summed E-state index contributed by atoms with van der Waals surface area (Å²) < 4.78 is 33.0. The van der Waals surface area contributed by atoms with E-state index in [1.165, 1.54) is 10.4 Å². The summed E-state index contributed by atoms with van der Waals surface area (Å²) in [5, 5.41) is 2.84. The predicted molar refractivity (Wildman–Crippen MR) is 127 cm³/mol. The van der Waals surface area contributed by atoms with Crippen molar-refractivity contribution in [1.82, 2.24) is 14.6 Å². The molecule has 174 valence electrons. The normalized spacial score (nSPS) is 11.4. The molecule has 0 bridgehead atoms. The van der Waals surface area contributed by atoms with Gasteiger partial charge in [0.25, 0.3) is 5.91 Å². The lowest BCUT2D eigenvalue weighted by Crippen LogP contribution is -2.31. The third kappa shape index (κ3) is 6.18. The van der Waals surface area contributed by atoms with Crippen LogP contribution in [0.5, 0.6) is 5.88 Å². The standard InChI is InChI=1S/C25H29N3O4S/c1-4-28(5-2)33(30,31)23-16-22(12-11-19(23)3)25(29)27-17-21-13-14-26-24(15-21)32-18-20-9-7-6-8-10-20/h6-16H,4-5,17-18H2,1-3H3,(H,27,29). The largest absolute Gasteiger partial charge is 0.473 e. The zero-order valence-electron chi connectivity index (χ0n) is 19.1. The van der Waals surface area contributed by atoms with Gasteiger partial charge in [-0.15, -0.1) is 0 Å². The van der Waals surface area contributed by atoms with Gasteiger partial charge in [0.1, 0.15) is 6.61 Å². The molecule has 0 aliphatic carbocycles. The number of aromatic nitrogens is 1. The van der Waals surface area contributed by atoms with Crippen LogP contribution in [0, 0.1) is 6.92 Å². The van der Waals surface area contributed by atoms with Gasteiger partial charge in [0, 0.05) is 37.5 Å². The first kappa shape index (κ1) is 24.4. The van der Waals surface area contributed by atoms with Gasteiger partial charge in [-0.3, -0.25) is 4.79 Å². The number of hydrogen-bond donors (Lipinski definition) is 1. The summed E-state index contributed by atoms with van der Waals surface area (Å²) in [4.78, 5) is 17.1. The second-order valence-electron chi connectivity index (χ2n) is 7.53. The second kappa shape index (κ2) is 11.1. The van der Waals surface area contributed by atoms with Gasteiger partial charge < -0.3 is 10.1 Å². The summed E-state index contributed by atoms with van der Waals surface area (Å²) in [6.45, 7) is 6.70. The number of rotatable bonds is 10. The summed E-state index contributed by atoms with van der Waals surface area (Å²) in [5.74, 6) is 0.114. The molecule has 8 heteroatoms. The first-order valence-corrected chi connectivity index (χ1v) is 12.3. The number of aryl methyl sites for hydroxylation is 1. The first-order chi connectivity index (χ1) is 15.8. The van der Waals surface area contributed by atoms with Crippen molar-refractivity contribution in [3.8, 4) is 5.88 Å². The van der Waals surface area contributed by atoms with Crippen LogP contribution in [0.25, 0.3) is 0 Å². The van der Waals surface area contributed by atoms with Crippen LogP contribution in [0.4, 0.5) is 0 Å². The minimum atomic E-state index is -3.66. The molecule has 0 spiro atoms. The highest BCUT2D eigenvalue weighted by Crippen LogP contribution is 2.21. The fourth-order valence-corrected chi connectivity index (χ4v) is 5.09. The molecule has 1 N–H and O–H groups in total. The Bertz CT molecular complexity index is 1190. The van der Waals surface area contributed by atoms with Crippen molar-refractivity contribution in [2.24, 2.45) is 0 Å². The molecule has 33 heavy (non-hydrogen) atoms. The molecule has 0 fully saturated rings. The Labute approximate surface area is 195 Å². The summed E-state index contributed by atoms with van der Waals surface area (Å²) >= 11 is 0. The average molecular weight is 468 g/mol. The SMILES string of the molecule is CCN(CC)S(=O)(=O)c1cc(C(=O)NCc2ccnc(OCc3ccccc3)c2)ccc1C. The van der Waals surface area contributed by atoms with Crippen LogP contribution in [0.3, 0.4) is 0 Å². The summed E-state index contributed by atoms with van der Waals surface area (Å²) in [5.41, 5.74) is 2.76. The number of carbonyl (C=O) groups is 1. The lowest BCUT2D eigenvalue weighted by molar-refractivity contribution is 0.0950. The predicted octanol–water partition coefficient (Wildman–Crippen LogP) is 3.93. The van der Waals surface area contributed by atoms with E-state index < -0.39 is 10.0 Å². The molecule has 2 aromatic carbocycles. The van der Waals surface area contributed by atoms with Gasteiger partial charge in [0.15, 0.2) is 0 Å². The van der Waals surface area contributed by atoms with Gasteiger partial charge in [-0.25, -0.2) is 13.4 Å². The zero-order valence-corrected chi connectivity index (χ0v) is 19.9. The van der Waals surface area contributed by atoms with E-state index in [4.69, 9.17) is 4.74 Å². The summed E-state index contributed by atoms with van der Waals surface area (Å²) in [6, 6.07) is 18.1. The van der Waals surface area contributed by atoms with Crippen LogP contribution >= 0.6 is 0 Å². The molecule has 1 aromatic heterocycles. The summed E-state index contributed by atoms with van der Waals surface area (Å²) in [6.07, 6.45) is 1.63. The van der Waals surface area contributed by atoms with Gasteiger partial charge in [0.2, 0.25) is 15.9 Å². The molecule has 0 saturated heterocycles. The third-order valence-corrected chi connectivity index (χ3v) is 7.45. The number of ether oxygens (including phenoxy) is 1. The third-order valence-electron chi connectivity index (χ3n) is 5.26. The molecule has 7 nitrogen and oxygen atoms in total. The molecule has 3 aromatic rings. The molecule has 0 radical (unpaired) electrons. The highest BCUT2D eigenvalue weighted by molar-refractivity contribution is 7.89. The molecular weight excluding hydrogens is 438 g/mol. The molecule has 0 saturated carbocycles. The number of sulfonamides is 1. The van der Waals surface area contributed by atoms with E-state index in [0.29, 0.717) is 36.7 Å². The fourth-order valence-electron chi connectivity index (χ4n) is 3.38. The van der Waals surface area contributed by atoms with Crippen LogP contribution in [0.2, 0.25) is 0 Å². The maximum absolute atomic E-state index is 12.9. The van der Waals surface area contributed by atoms with Crippen molar-refractivity contribution in [1.29, 1.82) is 0 Å². The van der Waals surface area contributed by atoms with Crippen molar-refractivity contribution in [3.63, 3.8) is 0 Å². The van der Waals surface area contributed by atoms with E-state index in [-0.39, 0.29) is 17.3 Å². The quantitative estimate of drug-likeness (QED) is 0.488. The Kier molecular flexibility index (Phi) is 8.19. The molecule has 1 amide bonds. The van der Waals surface area contributed by atoms with Crippen molar-refractivity contribution in [2.45, 2.75) is 38.8 Å². The number of pyridine rings is 1. The number of nitrogens with one attached hydrogen (secondary N) is 1. The minimum Gasteiger partial charge on any atom is -0.473 e. The molecule has 0 unspecified atom stereocenters. The molecule has 0 aliphatic heterocycles. The number of hydrogen-bond acceptors (Lipinski definition) is 5. The van der Waals surface area contributed by atoms with Gasteiger partial charge >= 0.3 is 0 Å². The monoisotopic (exact) mass is 467 g/mol. The topological polar surface area (TPSA) is 88.6 Å². The number of nitrogens with zero attached hydrogens (tertiary/aromatic N) is 2. The molecular formula is C25H29N3O4S. The van der Waals surface area contributed by atoms with Crippen molar-refractivity contribution >= 4 is 15.9 Å². The Morgan fingerprint density at radius 2 is 1.73 bits per heavy atom. The smallest absolute Gasteiger partial charge is 0.251 e. The Morgan fingerprint density at radius 1 is 1.00 bits per heavy atom. The van der Waals surface area contributed by atoms with Crippen LogP contribution in [-0.4, -0.2) is 36.7 Å². The Morgan fingerprint density at radius 3 is 2.42 bits per heavy atom. The number of benzene rings is 2. The second-order valence-corrected chi connectivity index (χ2v) is 9.44. The fraction of sp³-hybridized carbons (Fsp3) is 0.280. The first-order valence-electron chi connectivity index (χ1n) is 10.9. The van der Waals surface area contributed by atoms with E-state index in [0.717, 1.165) is 11.1 Å². The van der Waals surface area contributed by atoms with E-state index in [1.54, 1.807) is 51.2 Å². The molecule has 0 aliphatic rings. The zero-order chi connectivity index (χ0) is 23.8. The number of carbonyl (C=O) groups excluding carboxylic acids is 1. The maximum atomic E-state index is 12.9. The van der Waals surface area contributed by atoms with Gasteiger partial charge in [-0.2, -0.15) is 4.31 Å². The maximum Gasteiger partial charge on any atom is 0.251 e. The molecule has 3 rings (SSSR count). The van der Waals surface area contributed by atoms with Crippen molar-refractivity contribution in [2.75, 3.05) is 13.1 Å². The lowest BCUT2D eigenvalue weighted by atomic mass is 10.1. The van der Waals surface area contributed by atoms with E-state index in [1.807, 2.05) is 30.3 Å². The molecule has 0 atom stereocenters. The number of amides is 1. The van der Waals surface area contributed by atoms with Crippen LogP contribution in [0.1, 0.15) is 40.9 Å².